The van der Waals surface area contributed by atoms with Crippen molar-refractivity contribution in [1.82, 2.24) is 2.89 Å². The third-order valence-electron chi connectivity index (χ3n) is 2.10. The van der Waals surface area contributed by atoms with Gasteiger partial charge in [-0.25, -0.2) is 0 Å². The summed E-state index contributed by atoms with van der Waals surface area (Å²) in [4.78, 5) is 11.5. The average molecular weight is 261 g/mol. The van der Waals surface area contributed by atoms with Crippen LogP contribution in [0.2, 0.25) is 0 Å². The first-order valence-electron chi connectivity index (χ1n) is 3.84. The molecule has 0 saturated heterocycles. The van der Waals surface area contributed by atoms with Gasteiger partial charge in [-0.1, -0.05) is 0 Å². The van der Waals surface area contributed by atoms with E-state index in [4.69, 9.17) is 0 Å². The zero-order valence-electron chi connectivity index (χ0n) is 6.87. The Balaban J connectivity index is 2.56. The molecular formula is C9H8InNO. The molecule has 1 aliphatic heterocycles. The molecule has 0 N–H and O–H groups in total. The number of carbonyl (C=O) groups is 1. The van der Waals surface area contributed by atoms with E-state index in [1.807, 2.05) is 15.9 Å². The molecular weight excluding hydrogens is 253 g/mol. The summed E-state index contributed by atoms with van der Waals surface area (Å²) in [5.74, 6) is 0.205. The van der Waals surface area contributed by atoms with Crippen molar-refractivity contribution in [2.24, 2.45) is 0 Å². The van der Waals surface area contributed by atoms with E-state index in [0.29, 0.717) is 0 Å². The summed E-state index contributed by atoms with van der Waals surface area (Å²) in [7, 11) is 0. The fourth-order valence-corrected chi connectivity index (χ4v) is 2.40. The van der Waals surface area contributed by atoms with Crippen LogP contribution < -0.4 is 0 Å². The number of carbonyl (C=O) groups excluding carboxylic acids is 1. The van der Waals surface area contributed by atoms with E-state index >= 15 is 0 Å². The van der Waals surface area contributed by atoms with Gasteiger partial charge in [0.05, 0.1) is 0 Å². The molecule has 1 aromatic carbocycles. The van der Waals surface area contributed by atoms with Crippen molar-refractivity contribution in [1.29, 1.82) is 0 Å². The van der Waals surface area contributed by atoms with Gasteiger partial charge < -0.3 is 0 Å². The summed E-state index contributed by atoms with van der Waals surface area (Å²) in [5.41, 5.74) is 3.25. The van der Waals surface area contributed by atoms with Crippen LogP contribution in [0.15, 0.2) is 18.2 Å². The van der Waals surface area contributed by atoms with E-state index in [1.54, 1.807) is 0 Å². The summed E-state index contributed by atoms with van der Waals surface area (Å²) in [6, 6.07) is 6.10. The second kappa shape index (κ2) is 2.80. The average Bonchev–Trinajstić information content (AvgIpc) is 2.31. The minimum atomic E-state index is 0.205. The van der Waals surface area contributed by atoms with Crippen LogP contribution in [0, 0.1) is 6.92 Å². The van der Waals surface area contributed by atoms with Crippen molar-refractivity contribution in [3.8, 4) is 0 Å². The Hall–Kier alpha value is -0.440. The molecule has 3 heteroatoms. The van der Waals surface area contributed by atoms with Crippen molar-refractivity contribution in [2.75, 3.05) is 0 Å². The zero-order valence-corrected chi connectivity index (χ0v) is 10.2. The quantitative estimate of drug-likeness (QED) is 0.683. The maximum absolute atomic E-state index is 11.5. The summed E-state index contributed by atoms with van der Waals surface area (Å²) in [5, 5.41) is 0. The molecule has 58 valence electrons. The Morgan fingerprint density at radius 2 is 2.25 bits per heavy atom. The summed E-state index contributed by atoms with van der Waals surface area (Å²) >= 11 is 0.887. The molecule has 1 heterocycles. The molecule has 0 spiro atoms. The third kappa shape index (κ3) is 1.16. The van der Waals surface area contributed by atoms with Crippen LogP contribution in [-0.2, 0) is 6.54 Å². The first kappa shape index (κ1) is 8.17. The van der Waals surface area contributed by atoms with E-state index in [2.05, 4.69) is 12.1 Å². The van der Waals surface area contributed by atoms with Crippen LogP contribution in [0.25, 0.3) is 0 Å². The number of fused-ring (bicyclic) bond motifs is 1. The van der Waals surface area contributed by atoms with Crippen molar-refractivity contribution in [3.05, 3.63) is 34.9 Å². The van der Waals surface area contributed by atoms with Gasteiger partial charge in [-0.3, -0.25) is 0 Å². The monoisotopic (exact) mass is 261 g/mol. The van der Waals surface area contributed by atoms with Crippen LogP contribution >= 0.6 is 0 Å². The number of hydrogen-bond donors (Lipinski definition) is 0. The van der Waals surface area contributed by atoms with Gasteiger partial charge in [0, 0.05) is 0 Å². The molecule has 0 saturated carbocycles. The Morgan fingerprint density at radius 1 is 1.50 bits per heavy atom. The molecule has 1 aliphatic rings. The van der Waals surface area contributed by atoms with Gasteiger partial charge in [0.2, 0.25) is 0 Å². The van der Waals surface area contributed by atoms with Gasteiger partial charge >= 0.3 is 86.6 Å². The van der Waals surface area contributed by atoms with Crippen molar-refractivity contribution in [3.63, 3.8) is 0 Å². The normalized spacial score (nSPS) is 15.1. The molecule has 1 amide bonds. The predicted molar refractivity (Wildman–Crippen MR) is 46.8 cm³/mol. The van der Waals surface area contributed by atoms with E-state index in [1.165, 1.54) is 5.56 Å². The second-order valence-corrected chi connectivity index (χ2v) is 4.87. The molecule has 0 atom stereocenters. The summed E-state index contributed by atoms with van der Waals surface area (Å²) < 4.78 is 1.87. The molecule has 0 aliphatic carbocycles. The van der Waals surface area contributed by atoms with Crippen molar-refractivity contribution >= 4 is 30.6 Å². The van der Waals surface area contributed by atoms with E-state index < -0.39 is 0 Å². The Kier molecular flexibility index (Phi) is 1.91. The summed E-state index contributed by atoms with van der Waals surface area (Å²) in [6.07, 6.45) is 0. The van der Waals surface area contributed by atoms with Gasteiger partial charge in [0.15, 0.2) is 0 Å². The van der Waals surface area contributed by atoms with Gasteiger partial charge in [-0.15, -0.1) is 0 Å². The number of rotatable bonds is 0. The standard InChI is InChI=1S/C9H9NO.In/c1-6-2-3-7-5-10-9(11)8(7)4-6;/h2-4H,5H2,1H3,(H,10,11);/q;+1/p-1. The number of aryl methyl sites for hydroxylation is 1. The molecule has 2 radical (unpaired) electrons. The van der Waals surface area contributed by atoms with Gasteiger partial charge in [0.1, 0.15) is 0 Å². The first-order chi connectivity index (χ1) is 5.68. The topological polar surface area (TPSA) is 20.3 Å². The molecule has 0 aromatic heterocycles. The Morgan fingerprint density at radius 3 is 3.00 bits per heavy atom. The molecule has 0 fully saturated rings. The maximum atomic E-state index is 11.5. The molecule has 0 unspecified atom stereocenters. The molecule has 2 rings (SSSR count). The molecule has 12 heavy (non-hydrogen) atoms. The van der Waals surface area contributed by atoms with E-state index in [9.17, 15) is 4.79 Å². The minimum absolute atomic E-state index is 0.205. The fraction of sp³-hybridized carbons (Fsp3) is 0.222. The number of nitrogens with zero attached hydrogens (tertiary/aromatic N) is 1. The molecule has 0 bridgehead atoms. The number of hydrogen-bond acceptors (Lipinski definition) is 1. The number of benzene rings is 1. The van der Waals surface area contributed by atoms with Gasteiger partial charge in [-0.2, -0.15) is 0 Å². The third-order valence-corrected chi connectivity index (χ3v) is 3.29. The number of amides is 1. The molecule has 2 nitrogen and oxygen atoms in total. The predicted octanol–water partition coefficient (Wildman–Crippen LogP) is 1.03. The SMILES string of the molecule is Cc1ccc2c(c1)C(=O)[N]([In])C2. The Bertz CT molecular complexity index is 348. The van der Waals surface area contributed by atoms with Gasteiger partial charge in [0.25, 0.3) is 0 Å². The van der Waals surface area contributed by atoms with Crippen LogP contribution in [0.3, 0.4) is 0 Å². The zero-order chi connectivity index (χ0) is 8.72. The summed E-state index contributed by atoms with van der Waals surface area (Å²) in [6.45, 7) is 2.83. The van der Waals surface area contributed by atoms with Gasteiger partial charge in [-0.05, 0) is 0 Å². The fourth-order valence-electron chi connectivity index (χ4n) is 1.44. The molecule has 1 aromatic rings. The Labute approximate surface area is 86.5 Å². The first-order valence-corrected chi connectivity index (χ1v) is 5.32. The second-order valence-electron chi connectivity index (χ2n) is 3.09. The van der Waals surface area contributed by atoms with Crippen molar-refractivity contribution in [2.45, 2.75) is 13.5 Å². The van der Waals surface area contributed by atoms with Crippen molar-refractivity contribution < 1.29 is 4.79 Å². The van der Waals surface area contributed by atoms with E-state index in [0.717, 1.165) is 42.3 Å². The van der Waals surface area contributed by atoms with E-state index in [-0.39, 0.29) is 5.91 Å². The van der Waals surface area contributed by atoms with Crippen LogP contribution in [-0.4, -0.2) is 33.5 Å². The van der Waals surface area contributed by atoms with Crippen LogP contribution in [0.1, 0.15) is 21.5 Å². The van der Waals surface area contributed by atoms with Crippen LogP contribution in [0.4, 0.5) is 0 Å². The van der Waals surface area contributed by atoms with Crippen LogP contribution in [0.5, 0.6) is 0 Å².